The molecular formula is C17H16ClN3O4S. The Morgan fingerprint density at radius 1 is 1.35 bits per heavy atom. The number of allylic oxidation sites excluding steroid dienone is 1. The van der Waals surface area contributed by atoms with Gasteiger partial charge in [0, 0.05) is 30.9 Å². The monoisotopic (exact) mass is 393 g/mol. The van der Waals surface area contributed by atoms with E-state index < -0.39 is 4.92 Å². The molecule has 26 heavy (non-hydrogen) atoms. The third kappa shape index (κ3) is 4.66. The van der Waals surface area contributed by atoms with E-state index in [1.165, 1.54) is 29.7 Å². The van der Waals surface area contributed by atoms with Crippen molar-refractivity contribution in [3.05, 3.63) is 56.6 Å². The van der Waals surface area contributed by atoms with Crippen LogP contribution in [0.1, 0.15) is 18.4 Å². The van der Waals surface area contributed by atoms with Crippen molar-refractivity contribution in [2.24, 2.45) is 5.92 Å². The number of rotatable bonds is 5. The van der Waals surface area contributed by atoms with E-state index in [0.29, 0.717) is 33.8 Å². The first-order chi connectivity index (χ1) is 12.5. The Balaban J connectivity index is 1.88. The summed E-state index contributed by atoms with van der Waals surface area (Å²) in [6.07, 6.45) is 5.03. The summed E-state index contributed by atoms with van der Waals surface area (Å²) in [6, 6.07) is 5.94. The van der Waals surface area contributed by atoms with Gasteiger partial charge in [-0.25, -0.2) is 4.98 Å². The van der Waals surface area contributed by atoms with Crippen LogP contribution in [-0.2, 0) is 9.53 Å². The number of ether oxygens (including phenoxy) is 1. The smallest absolute Gasteiger partial charge is 0.269 e. The predicted octanol–water partition coefficient (Wildman–Crippen LogP) is 4.15. The lowest BCUT2D eigenvalue weighted by Gasteiger charge is -2.20. The maximum Gasteiger partial charge on any atom is 0.269 e. The zero-order valence-electron chi connectivity index (χ0n) is 13.7. The summed E-state index contributed by atoms with van der Waals surface area (Å²) in [5, 5.41) is 14.0. The number of nitro groups is 1. The highest BCUT2D eigenvalue weighted by Crippen LogP contribution is 2.27. The topological polar surface area (TPSA) is 94.4 Å². The molecule has 1 aliphatic rings. The lowest BCUT2D eigenvalue weighted by Crippen LogP contribution is -2.18. The van der Waals surface area contributed by atoms with Gasteiger partial charge in [0.1, 0.15) is 4.34 Å². The summed E-state index contributed by atoms with van der Waals surface area (Å²) in [5.74, 6) is -0.115. The van der Waals surface area contributed by atoms with E-state index in [0.717, 1.165) is 12.8 Å². The fourth-order valence-electron chi connectivity index (χ4n) is 2.66. The highest BCUT2D eigenvalue weighted by atomic mass is 35.5. The van der Waals surface area contributed by atoms with Crippen LogP contribution in [0, 0.1) is 16.0 Å². The number of benzene rings is 1. The zero-order valence-corrected chi connectivity index (χ0v) is 15.3. The van der Waals surface area contributed by atoms with Crippen LogP contribution in [0.2, 0.25) is 4.34 Å². The molecule has 0 bridgehead atoms. The van der Waals surface area contributed by atoms with Crippen LogP contribution < -0.4 is 5.32 Å². The number of nitro benzene ring substituents is 1. The average Bonchev–Trinajstić information content (AvgIpc) is 3.05. The van der Waals surface area contributed by atoms with Crippen molar-refractivity contribution in [3.8, 4) is 0 Å². The van der Waals surface area contributed by atoms with Gasteiger partial charge in [-0.1, -0.05) is 29.0 Å². The first kappa shape index (κ1) is 18.5. The maximum absolute atomic E-state index is 12.8. The van der Waals surface area contributed by atoms with Gasteiger partial charge in [-0.2, -0.15) is 0 Å². The van der Waals surface area contributed by atoms with Crippen LogP contribution in [0.4, 0.5) is 10.8 Å². The van der Waals surface area contributed by atoms with E-state index in [2.05, 4.69) is 10.3 Å². The Hall–Kier alpha value is -2.29. The lowest BCUT2D eigenvalue weighted by molar-refractivity contribution is -0.384. The standard InChI is InChI=1S/C17H16ClN3O4S/c18-15-10-19-17(26-15)20-16(22)14(9-11-5-7-25-8-6-11)12-1-3-13(4-2-12)21(23)24/h1-4,9-11H,5-8H2,(H,19,20,22)/b14-9+. The van der Waals surface area contributed by atoms with Crippen LogP contribution in [-0.4, -0.2) is 29.0 Å². The fraction of sp³-hybridized carbons (Fsp3) is 0.294. The third-order valence-electron chi connectivity index (χ3n) is 4.00. The minimum atomic E-state index is -0.469. The zero-order chi connectivity index (χ0) is 18.5. The molecule has 0 radical (unpaired) electrons. The van der Waals surface area contributed by atoms with E-state index in [4.69, 9.17) is 16.3 Å². The molecule has 0 unspecified atom stereocenters. The van der Waals surface area contributed by atoms with Gasteiger partial charge in [0.05, 0.1) is 11.1 Å². The van der Waals surface area contributed by atoms with Crippen molar-refractivity contribution in [3.63, 3.8) is 0 Å². The van der Waals surface area contributed by atoms with E-state index >= 15 is 0 Å². The number of thiazole rings is 1. The minimum Gasteiger partial charge on any atom is -0.381 e. The summed E-state index contributed by atoms with van der Waals surface area (Å²) in [5.41, 5.74) is 1.05. The first-order valence-electron chi connectivity index (χ1n) is 8.00. The molecule has 1 amide bonds. The van der Waals surface area contributed by atoms with Gasteiger partial charge in [-0.05, 0) is 36.5 Å². The van der Waals surface area contributed by atoms with Gasteiger partial charge in [-0.15, -0.1) is 0 Å². The molecule has 1 aliphatic heterocycles. The number of hydrogen-bond donors (Lipinski definition) is 1. The fourth-order valence-corrected chi connectivity index (χ4v) is 3.47. The van der Waals surface area contributed by atoms with Crippen molar-refractivity contribution >= 4 is 45.2 Å². The largest absolute Gasteiger partial charge is 0.381 e. The van der Waals surface area contributed by atoms with Gasteiger partial charge in [0.15, 0.2) is 5.13 Å². The number of aromatic nitrogens is 1. The molecule has 136 valence electrons. The molecule has 0 aliphatic carbocycles. The van der Waals surface area contributed by atoms with E-state index in [-0.39, 0.29) is 17.5 Å². The number of hydrogen-bond acceptors (Lipinski definition) is 6. The first-order valence-corrected chi connectivity index (χ1v) is 9.19. The molecule has 1 saturated heterocycles. The molecule has 0 spiro atoms. The predicted molar refractivity (Wildman–Crippen MR) is 100 cm³/mol. The highest BCUT2D eigenvalue weighted by Gasteiger charge is 2.19. The third-order valence-corrected chi connectivity index (χ3v) is 5.03. The van der Waals surface area contributed by atoms with Crippen LogP contribution in [0.15, 0.2) is 36.5 Å². The molecule has 3 rings (SSSR count). The second-order valence-corrected chi connectivity index (χ2v) is 7.42. The summed E-state index contributed by atoms with van der Waals surface area (Å²) in [4.78, 5) is 27.2. The molecule has 0 atom stereocenters. The van der Waals surface area contributed by atoms with Gasteiger partial charge < -0.3 is 4.74 Å². The normalized spacial score (nSPS) is 15.7. The maximum atomic E-state index is 12.8. The van der Waals surface area contributed by atoms with Crippen molar-refractivity contribution in [1.82, 2.24) is 4.98 Å². The van der Waals surface area contributed by atoms with Gasteiger partial charge in [-0.3, -0.25) is 20.2 Å². The van der Waals surface area contributed by atoms with Crippen LogP contribution in [0.5, 0.6) is 0 Å². The van der Waals surface area contributed by atoms with E-state index in [9.17, 15) is 14.9 Å². The average molecular weight is 394 g/mol. The lowest BCUT2D eigenvalue weighted by atomic mass is 9.94. The molecular weight excluding hydrogens is 378 g/mol. The van der Waals surface area contributed by atoms with Gasteiger partial charge in [0.2, 0.25) is 0 Å². The second kappa shape index (κ2) is 8.39. The number of amides is 1. The number of nitrogens with zero attached hydrogens (tertiary/aromatic N) is 2. The van der Waals surface area contributed by atoms with Crippen LogP contribution in [0.3, 0.4) is 0 Å². The van der Waals surface area contributed by atoms with Crippen molar-refractivity contribution < 1.29 is 14.5 Å². The number of halogens is 1. The Morgan fingerprint density at radius 2 is 2.04 bits per heavy atom. The van der Waals surface area contributed by atoms with Crippen molar-refractivity contribution in [2.45, 2.75) is 12.8 Å². The van der Waals surface area contributed by atoms with Crippen LogP contribution in [0.25, 0.3) is 5.57 Å². The quantitative estimate of drug-likeness (QED) is 0.467. The summed E-state index contributed by atoms with van der Waals surface area (Å²) >= 11 is 7.02. The summed E-state index contributed by atoms with van der Waals surface area (Å²) < 4.78 is 5.84. The SMILES string of the molecule is O=C(Nc1ncc(Cl)s1)/C(=C/C1CCOCC1)c1ccc([N+](=O)[O-])cc1. The molecule has 1 aromatic heterocycles. The van der Waals surface area contributed by atoms with E-state index in [1.54, 1.807) is 12.1 Å². The Labute approximate surface area is 158 Å². The van der Waals surface area contributed by atoms with E-state index in [1.807, 2.05) is 6.08 Å². The van der Waals surface area contributed by atoms with Crippen molar-refractivity contribution in [1.29, 1.82) is 0 Å². The Bertz CT molecular complexity index is 829. The number of nitrogens with one attached hydrogen (secondary N) is 1. The molecule has 1 fully saturated rings. The van der Waals surface area contributed by atoms with Gasteiger partial charge in [0.25, 0.3) is 11.6 Å². The molecule has 2 aromatic rings. The Kier molecular flexibility index (Phi) is 5.97. The molecule has 2 heterocycles. The molecule has 1 N–H and O–H groups in total. The summed E-state index contributed by atoms with van der Waals surface area (Å²) in [7, 11) is 0. The number of carbonyl (C=O) groups is 1. The molecule has 9 heteroatoms. The van der Waals surface area contributed by atoms with Crippen LogP contribution >= 0.6 is 22.9 Å². The number of non-ortho nitro benzene ring substituents is 1. The van der Waals surface area contributed by atoms with Crippen molar-refractivity contribution in [2.75, 3.05) is 18.5 Å². The van der Waals surface area contributed by atoms with Gasteiger partial charge >= 0.3 is 0 Å². The second-order valence-electron chi connectivity index (χ2n) is 5.76. The summed E-state index contributed by atoms with van der Waals surface area (Å²) in [6.45, 7) is 1.30. The molecule has 0 saturated carbocycles. The Morgan fingerprint density at radius 3 is 2.62 bits per heavy atom. The highest BCUT2D eigenvalue weighted by molar-refractivity contribution is 7.19. The minimum absolute atomic E-state index is 0.0220. The molecule has 1 aromatic carbocycles. The number of carbonyl (C=O) groups excluding carboxylic acids is 1. The number of anilines is 1. The molecule has 7 nitrogen and oxygen atoms in total.